The second-order valence-electron chi connectivity index (χ2n) is 14.9. The molecule has 3 aromatic carbocycles. The Hall–Kier alpha value is -5.94. The van der Waals surface area contributed by atoms with E-state index in [9.17, 15) is 32.8 Å². The number of esters is 1. The lowest BCUT2D eigenvalue weighted by molar-refractivity contribution is -0.896. The first-order valence-corrected chi connectivity index (χ1v) is 18.6. The Morgan fingerprint density at radius 1 is 0.875 bits per heavy atom. The number of nitrogens with one attached hydrogen (secondary N) is 1. The van der Waals surface area contributed by atoms with Crippen molar-refractivity contribution in [3.05, 3.63) is 124 Å². The number of amides is 1. The molecule has 1 N–H and O–H groups in total. The molecule has 1 amide bonds. The van der Waals surface area contributed by atoms with Gasteiger partial charge >= 0.3 is 12.1 Å². The molecule has 1 aliphatic heterocycles. The number of quaternary nitrogens is 1. The van der Waals surface area contributed by atoms with Crippen LogP contribution >= 0.6 is 0 Å². The van der Waals surface area contributed by atoms with Gasteiger partial charge in [-0.25, -0.2) is 9.36 Å². The zero-order valence-electron chi connectivity index (χ0n) is 31.6. The van der Waals surface area contributed by atoms with E-state index in [2.05, 4.69) is 30.6 Å². The molecule has 2 aliphatic rings. The van der Waals surface area contributed by atoms with Gasteiger partial charge in [-0.1, -0.05) is 42.5 Å². The van der Waals surface area contributed by atoms with Crippen LogP contribution in [0.3, 0.4) is 0 Å². The average molecular weight is 769 g/mol. The third-order valence-corrected chi connectivity index (χ3v) is 10.5. The van der Waals surface area contributed by atoms with Crippen LogP contribution < -0.4 is 10.9 Å². The van der Waals surface area contributed by atoms with Crippen molar-refractivity contribution in [3.8, 4) is 28.8 Å². The van der Waals surface area contributed by atoms with Crippen LogP contribution in [0, 0.1) is 17.2 Å². The summed E-state index contributed by atoms with van der Waals surface area (Å²) >= 11 is 0. The van der Waals surface area contributed by atoms with E-state index in [1.807, 2.05) is 36.4 Å². The minimum absolute atomic E-state index is 0.0726. The molecule has 1 aliphatic carbocycles. The van der Waals surface area contributed by atoms with E-state index in [-0.39, 0.29) is 41.0 Å². The number of carbonyl (C=O) groups is 2. The van der Waals surface area contributed by atoms with E-state index >= 15 is 0 Å². The van der Waals surface area contributed by atoms with Crippen LogP contribution in [0.2, 0.25) is 0 Å². The van der Waals surface area contributed by atoms with Gasteiger partial charge in [0.05, 0.1) is 73.6 Å². The maximum Gasteiger partial charge on any atom is 0.416 e. The molecule has 0 atom stereocenters. The molecule has 56 heavy (non-hydrogen) atoms. The predicted molar refractivity (Wildman–Crippen MR) is 204 cm³/mol. The van der Waals surface area contributed by atoms with Crippen LogP contribution in [0.5, 0.6) is 0 Å². The van der Waals surface area contributed by atoms with E-state index in [1.54, 1.807) is 30.3 Å². The summed E-state index contributed by atoms with van der Waals surface area (Å²) < 4.78 is 51.7. The molecule has 14 heteroatoms. The molecule has 7 rings (SSSR count). The van der Waals surface area contributed by atoms with Gasteiger partial charge < -0.3 is 14.5 Å². The molecule has 11 nitrogen and oxygen atoms in total. The largest absolute Gasteiger partial charge is 0.462 e. The molecule has 1 saturated heterocycles. The lowest BCUT2D eigenvalue weighted by Gasteiger charge is -2.37. The van der Waals surface area contributed by atoms with E-state index in [1.165, 1.54) is 34.7 Å². The quantitative estimate of drug-likeness (QED) is 0.146. The maximum atomic E-state index is 14.1. The van der Waals surface area contributed by atoms with Crippen molar-refractivity contribution >= 4 is 11.9 Å². The van der Waals surface area contributed by atoms with Gasteiger partial charge in [-0.3, -0.25) is 19.1 Å². The fourth-order valence-corrected chi connectivity index (χ4v) is 7.31. The van der Waals surface area contributed by atoms with Crippen LogP contribution in [0.4, 0.5) is 13.2 Å². The summed E-state index contributed by atoms with van der Waals surface area (Å²) in [6, 6.07) is 26.2. The van der Waals surface area contributed by atoms with Crippen molar-refractivity contribution in [1.82, 2.24) is 24.5 Å². The van der Waals surface area contributed by atoms with E-state index in [4.69, 9.17) is 4.74 Å². The number of hydrogen-bond donors (Lipinski definition) is 1. The van der Waals surface area contributed by atoms with Crippen molar-refractivity contribution in [1.29, 1.82) is 5.26 Å². The van der Waals surface area contributed by atoms with Crippen molar-refractivity contribution in [2.45, 2.75) is 56.8 Å². The lowest BCUT2D eigenvalue weighted by Crippen LogP contribution is -2.48. The Labute approximate surface area is 323 Å². The molecule has 2 aromatic heterocycles. The number of alkyl halides is 3. The first kappa shape index (κ1) is 39.7. The highest BCUT2D eigenvalue weighted by atomic mass is 19.4. The fourth-order valence-electron chi connectivity index (χ4n) is 7.31. The summed E-state index contributed by atoms with van der Waals surface area (Å²) in [5.74, 6) is -1.18. The Morgan fingerprint density at radius 3 is 2.09 bits per heavy atom. The number of nitriles is 1. The molecule has 2 fully saturated rings. The first-order chi connectivity index (χ1) is 26.8. The van der Waals surface area contributed by atoms with Gasteiger partial charge in [0.2, 0.25) is 0 Å². The number of ether oxygens (including phenoxy) is 1. The van der Waals surface area contributed by atoms with Gasteiger partial charge in [-0.05, 0) is 74.2 Å². The molecule has 0 radical (unpaired) electrons. The number of benzene rings is 3. The second-order valence-corrected chi connectivity index (χ2v) is 14.9. The summed E-state index contributed by atoms with van der Waals surface area (Å²) in [5, 5.41) is 16.6. The molecular formula is C42H45F3N7O4+. The van der Waals surface area contributed by atoms with Crippen LogP contribution in [0.15, 0.2) is 102 Å². The van der Waals surface area contributed by atoms with E-state index < -0.39 is 23.2 Å². The van der Waals surface area contributed by atoms with Gasteiger partial charge in [0, 0.05) is 25.9 Å². The smallest absolute Gasteiger partial charge is 0.416 e. The number of nitrogens with zero attached hydrogens (tertiary/aromatic N) is 6. The normalized spacial score (nSPS) is 18.2. The summed E-state index contributed by atoms with van der Waals surface area (Å²) in [6.07, 6.45) is 0.408. The van der Waals surface area contributed by atoms with Gasteiger partial charge in [-0.15, -0.1) is 0 Å². The number of piperidine rings is 1. The Morgan fingerprint density at radius 2 is 1.50 bits per heavy atom. The Bertz CT molecular complexity index is 2210. The predicted octanol–water partition coefficient (Wildman–Crippen LogP) is 6.68. The van der Waals surface area contributed by atoms with Gasteiger partial charge in [0.1, 0.15) is 17.4 Å². The highest BCUT2D eigenvalue weighted by molar-refractivity contribution is 6.00. The molecule has 0 unspecified atom stereocenters. The molecule has 5 aromatic rings. The van der Waals surface area contributed by atoms with E-state index in [0.717, 1.165) is 47.2 Å². The molecular weight excluding hydrogens is 724 g/mol. The Balaban J connectivity index is 0.000000809. The summed E-state index contributed by atoms with van der Waals surface area (Å²) in [6.45, 7) is 1.89. The van der Waals surface area contributed by atoms with Gasteiger partial charge in [0.25, 0.3) is 11.5 Å². The molecule has 3 heterocycles. The number of aromatic nitrogens is 4. The molecule has 0 bridgehead atoms. The highest BCUT2D eigenvalue weighted by Gasteiger charge is 2.35. The van der Waals surface area contributed by atoms with E-state index in [0.29, 0.717) is 42.6 Å². The van der Waals surface area contributed by atoms with Gasteiger partial charge in [0.15, 0.2) is 0 Å². The SMILES string of the molecule is Cn1c(-c2ccnn2-c2ccc(C#N)cc2)c(C(=O)N[C@H]2CC[C@H](C(=O)OC3CC[N+](C)(C)CC3)CC2)c(=O)n1-c1cccc(C(F)(F)F)c1.c1ccccc1. The third-order valence-electron chi connectivity index (χ3n) is 10.5. The standard InChI is InChI=1S/C36H38F3N7O4.C6H6/c1-43-32(30-15-18-41-44(30)27-13-7-23(22-40)8-14-27)31(34(48)45(43)28-6-4-5-25(21-28)36(37,38)39)33(47)42-26-11-9-24(10-12-26)35(49)50-29-16-19-46(2,3)20-17-29;1-2-4-6-5-3-1/h4-8,13-15,18,21,24,26,29H,9-12,16-17,19-20H2,1-3H3;1-6H/p+1/t24-,26-;. The zero-order chi connectivity index (χ0) is 40.0. The number of halogens is 3. The van der Waals surface area contributed by atoms with Gasteiger partial charge in [-0.2, -0.15) is 23.5 Å². The molecule has 0 spiro atoms. The zero-order valence-corrected chi connectivity index (χ0v) is 31.6. The van der Waals surface area contributed by atoms with Crippen molar-refractivity contribution in [2.24, 2.45) is 13.0 Å². The number of carbonyl (C=O) groups excluding carboxylic acids is 2. The first-order valence-electron chi connectivity index (χ1n) is 18.6. The summed E-state index contributed by atoms with van der Waals surface area (Å²) in [4.78, 5) is 41.2. The van der Waals surface area contributed by atoms with Crippen LogP contribution in [-0.4, -0.2) is 74.8 Å². The molecule has 1 saturated carbocycles. The van der Waals surface area contributed by atoms with Crippen molar-refractivity contribution < 1.29 is 32.0 Å². The maximum absolute atomic E-state index is 14.1. The lowest BCUT2D eigenvalue weighted by atomic mass is 9.86. The highest BCUT2D eigenvalue weighted by Crippen LogP contribution is 2.32. The average Bonchev–Trinajstić information content (AvgIpc) is 3.78. The number of likely N-dealkylation sites (tertiary alicyclic amines) is 1. The fraction of sp³-hybridized carbons (Fsp3) is 0.357. The summed E-state index contributed by atoms with van der Waals surface area (Å²) in [7, 11) is 5.82. The molecule has 292 valence electrons. The Kier molecular flexibility index (Phi) is 11.9. The third kappa shape index (κ3) is 9.12. The van der Waals surface area contributed by atoms with Crippen molar-refractivity contribution in [2.75, 3.05) is 27.2 Å². The number of hydrogen-bond acceptors (Lipinski definition) is 6. The van der Waals surface area contributed by atoms with Crippen LogP contribution in [-0.2, 0) is 22.8 Å². The number of rotatable bonds is 7. The van der Waals surface area contributed by atoms with Crippen LogP contribution in [0.25, 0.3) is 22.8 Å². The van der Waals surface area contributed by atoms with Crippen LogP contribution in [0.1, 0.15) is 60.0 Å². The monoisotopic (exact) mass is 768 g/mol. The summed E-state index contributed by atoms with van der Waals surface area (Å²) in [5.41, 5.74) is -0.655. The minimum Gasteiger partial charge on any atom is -0.462 e. The minimum atomic E-state index is -4.65. The second kappa shape index (κ2) is 16.8. The topological polar surface area (TPSA) is 124 Å². The van der Waals surface area contributed by atoms with Crippen molar-refractivity contribution in [3.63, 3.8) is 0 Å².